The molecule has 1 aromatic rings. The predicted octanol–water partition coefficient (Wildman–Crippen LogP) is 10.4. The Morgan fingerprint density at radius 1 is 0.822 bits per heavy atom. The SMILES string of the molecule is COC(=O)CCCCCCC1C(O[Si](C)(C)C(C)(C)C)CC(O[Si](C)(C)C(C)(C)C)C1CCCC1=CS(=O)Cc2ccccc21. The number of allylic oxidation sites excluding steroid dienone is 1. The molecule has 1 aliphatic heterocycles. The Hall–Kier alpha value is -1.07. The second-order valence-corrected chi connectivity index (χ2v) is 27.4. The van der Waals surface area contributed by atoms with Gasteiger partial charge in [0.25, 0.3) is 0 Å². The largest absolute Gasteiger partial charge is 0.469 e. The molecule has 1 aliphatic carbocycles. The molecule has 2 aliphatic rings. The predicted molar refractivity (Wildman–Crippen MR) is 196 cm³/mol. The fraction of sp³-hybridized carbons (Fsp3) is 0.757. The molecule has 0 bridgehead atoms. The lowest BCUT2D eigenvalue weighted by Crippen LogP contribution is -2.45. The molecular weight excluding hydrogens is 613 g/mol. The van der Waals surface area contributed by atoms with Crippen LogP contribution < -0.4 is 0 Å². The summed E-state index contributed by atoms with van der Waals surface area (Å²) in [6, 6.07) is 8.49. The molecule has 256 valence electrons. The molecule has 5 atom stereocenters. The van der Waals surface area contributed by atoms with E-state index in [-0.39, 0.29) is 28.3 Å². The highest BCUT2D eigenvalue weighted by Gasteiger charge is 2.50. The molecule has 1 fully saturated rings. The van der Waals surface area contributed by atoms with Crippen LogP contribution in [-0.4, -0.2) is 46.1 Å². The van der Waals surface area contributed by atoms with Crippen molar-refractivity contribution in [1.29, 1.82) is 0 Å². The van der Waals surface area contributed by atoms with E-state index in [9.17, 15) is 9.00 Å². The van der Waals surface area contributed by atoms with Gasteiger partial charge in [-0.3, -0.25) is 9.00 Å². The zero-order chi connectivity index (χ0) is 33.6. The zero-order valence-electron chi connectivity index (χ0n) is 30.4. The van der Waals surface area contributed by atoms with Crippen molar-refractivity contribution < 1.29 is 22.6 Å². The summed E-state index contributed by atoms with van der Waals surface area (Å²) in [6.45, 7) is 23.6. The number of benzene rings is 1. The summed E-state index contributed by atoms with van der Waals surface area (Å²) >= 11 is 0. The van der Waals surface area contributed by atoms with Crippen LogP contribution in [0.1, 0.15) is 117 Å². The van der Waals surface area contributed by atoms with Crippen molar-refractivity contribution in [2.75, 3.05) is 7.11 Å². The number of hydrogen-bond donors (Lipinski definition) is 0. The minimum atomic E-state index is -2.00. The number of hydrogen-bond acceptors (Lipinski definition) is 5. The maximum Gasteiger partial charge on any atom is 0.305 e. The molecule has 8 heteroatoms. The fourth-order valence-electron chi connectivity index (χ4n) is 6.51. The average Bonchev–Trinajstić information content (AvgIpc) is 3.22. The lowest BCUT2D eigenvalue weighted by atomic mass is 9.84. The Morgan fingerprint density at radius 2 is 1.36 bits per heavy atom. The highest BCUT2D eigenvalue weighted by molar-refractivity contribution is 7.87. The summed E-state index contributed by atoms with van der Waals surface area (Å²) in [5.41, 5.74) is 3.73. The Kier molecular flexibility index (Phi) is 13.6. The number of carbonyl (C=O) groups is 1. The van der Waals surface area contributed by atoms with Crippen LogP contribution >= 0.6 is 0 Å². The number of esters is 1. The minimum absolute atomic E-state index is 0.112. The topological polar surface area (TPSA) is 61.8 Å². The fourth-order valence-corrected chi connectivity index (χ4v) is 10.5. The molecule has 5 nitrogen and oxygen atoms in total. The maximum atomic E-state index is 12.7. The molecule has 0 radical (unpaired) electrons. The summed E-state index contributed by atoms with van der Waals surface area (Å²) in [5, 5.41) is 2.30. The van der Waals surface area contributed by atoms with Gasteiger partial charge in [0.1, 0.15) is 0 Å². The summed E-state index contributed by atoms with van der Waals surface area (Å²) in [4.78, 5) is 11.6. The molecule has 1 aromatic carbocycles. The Labute approximate surface area is 280 Å². The summed E-state index contributed by atoms with van der Waals surface area (Å²) < 4.78 is 32.1. The third kappa shape index (κ3) is 10.5. The molecule has 0 amide bonds. The van der Waals surface area contributed by atoms with Gasteiger partial charge in [-0.2, -0.15) is 0 Å². The standard InChI is InChI=1S/C37H64O5SSi2/c1-36(2,3)44(8,9)41-33-25-34(42-45(10,11)37(4,5)6)32(31(33)22-14-12-13-15-24-35(38)40-7)23-18-20-29-27-43(39)26-28-19-16-17-21-30(28)29/h16-17,19,21,27,31-34H,12-15,18,20,22-26H2,1-11H3. The smallest absolute Gasteiger partial charge is 0.305 e. The van der Waals surface area contributed by atoms with E-state index in [2.05, 4.69) is 92.0 Å². The summed E-state index contributed by atoms with van der Waals surface area (Å²) in [6.07, 6.45) is 10.3. The van der Waals surface area contributed by atoms with Crippen molar-refractivity contribution in [2.45, 2.75) is 160 Å². The highest BCUT2D eigenvalue weighted by Crippen LogP contribution is 2.49. The van der Waals surface area contributed by atoms with E-state index in [0.29, 0.717) is 24.0 Å². The molecule has 0 N–H and O–H groups in total. The van der Waals surface area contributed by atoms with Crippen molar-refractivity contribution in [2.24, 2.45) is 11.8 Å². The van der Waals surface area contributed by atoms with Crippen LogP contribution in [-0.2, 0) is 34.9 Å². The van der Waals surface area contributed by atoms with E-state index in [1.54, 1.807) is 0 Å². The van der Waals surface area contributed by atoms with Gasteiger partial charge < -0.3 is 13.6 Å². The van der Waals surface area contributed by atoms with E-state index in [1.807, 2.05) is 5.41 Å². The van der Waals surface area contributed by atoms with Crippen molar-refractivity contribution in [3.63, 3.8) is 0 Å². The van der Waals surface area contributed by atoms with Crippen LogP contribution in [0.3, 0.4) is 0 Å². The first-order chi connectivity index (χ1) is 20.9. The molecule has 45 heavy (non-hydrogen) atoms. The van der Waals surface area contributed by atoms with Crippen LogP contribution in [0.15, 0.2) is 29.7 Å². The summed E-state index contributed by atoms with van der Waals surface area (Å²) in [7, 11) is -3.45. The zero-order valence-corrected chi connectivity index (χ0v) is 33.2. The maximum absolute atomic E-state index is 12.7. The van der Waals surface area contributed by atoms with E-state index in [1.165, 1.54) is 23.8 Å². The first kappa shape index (κ1) is 38.4. The highest BCUT2D eigenvalue weighted by atomic mass is 32.2. The van der Waals surface area contributed by atoms with Gasteiger partial charge in [0, 0.05) is 11.8 Å². The molecule has 0 spiro atoms. The van der Waals surface area contributed by atoms with Crippen LogP contribution in [0.2, 0.25) is 36.3 Å². The van der Waals surface area contributed by atoms with Crippen molar-refractivity contribution in [3.8, 4) is 0 Å². The van der Waals surface area contributed by atoms with Gasteiger partial charge in [0.15, 0.2) is 16.6 Å². The van der Waals surface area contributed by atoms with Gasteiger partial charge in [0.05, 0.1) is 35.9 Å². The first-order valence-electron chi connectivity index (χ1n) is 17.4. The van der Waals surface area contributed by atoms with E-state index >= 15 is 0 Å². The van der Waals surface area contributed by atoms with Crippen LogP contribution in [0, 0.1) is 11.8 Å². The van der Waals surface area contributed by atoms with Crippen LogP contribution in [0.25, 0.3) is 5.57 Å². The van der Waals surface area contributed by atoms with Gasteiger partial charge in [0.2, 0.25) is 0 Å². The number of fused-ring (bicyclic) bond motifs is 1. The second kappa shape index (κ2) is 15.9. The molecule has 1 saturated carbocycles. The second-order valence-electron chi connectivity index (χ2n) is 16.6. The quantitative estimate of drug-likeness (QED) is 0.105. The average molecular weight is 677 g/mol. The van der Waals surface area contributed by atoms with Crippen molar-refractivity contribution in [1.82, 2.24) is 0 Å². The molecular formula is C37H64O5SSi2. The van der Waals surface area contributed by atoms with E-state index in [4.69, 9.17) is 13.6 Å². The number of rotatable bonds is 15. The van der Waals surface area contributed by atoms with Crippen molar-refractivity contribution >= 4 is 39.0 Å². The normalized spacial score (nSPS) is 24.3. The van der Waals surface area contributed by atoms with Gasteiger partial charge >= 0.3 is 5.97 Å². The summed E-state index contributed by atoms with van der Waals surface area (Å²) in [5.74, 6) is 1.41. The molecule has 0 aromatic heterocycles. The molecule has 3 rings (SSSR count). The Bertz CT molecular complexity index is 1180. The number of methoxy groups -OCH3 is 1. The number of carbonyl (C=O) groups excluding carboxylic acids is 1. The minimum Gasteiger partial charge on any atom is -0.469 e. The molecule has 1 heterocycles. The lowest BCUT2D eigenvalue weighted by molar-refractivity contribution is -0.140. The Morgan fingerprint density at radius 3 is 1.91 bits per heavy atom. The van der Waals surface area contributed by atoms with Gasteiger partial charge in [-0.15, -0.1) is 0 Å². The molecule has 0 saturated heterocycles. The third-order valence-corrected chi connectivity index (χ3v) is 21.4. The van der Waals surface area contributed by atoms with Gasteiger partial charge in [-0.25, -0.2) is 0 Å². The Balaban J connectivity index is 1.84. The lowest BCUT2D eigenvalue weighted by Gasteiger charge is -2.40. The first-order valence-corrected chi connectivity index (χ1v) is 24.6. The number of unbranched alkanes of at least 4 members (excludes halogenated alkanes) is 3. The molecule has 5 unspecified atom stereocenters. The number of ether oxygens (including phenoxy) is 1. The van der Waals surface area contributed by atoms with Gasteiger partial charge in [-0.05, 0) is 103 Å². The van der Waals surface area contributed by atoms with Crippen LogP contribution in [0.4, 0.5) is 0 Å². The third-order valence-electron chi connectivity index (χ3n) is 11.3. The van der Waals surface area contributed by atoms with E-state index in [0.717, 1.165) is 57.8 Å². The van der Waals surface area contributed by atoms with Crippen molar-refractivity contribution in [3.05, 3.63) is 40.8 Å². The monoisotopic (exact) mass is 676 g/mol. The van der Waals surface area contributed by atoms with E-state index < -0.39 is 27.4 Å². The van der Waals surface area contributed by atoms with Crippen LogP contribution in [0.5, 0.6) is 0 Å². The van der Waals surface area contributed by atoms with Gasteiger partial charge in [-0.1, -0.05) is 85.1 Å².